The number of nitrogens with zero attached hydrogens (tertiary/aromatic N) is 1. The summed E-state index contributed by atoms with van der Waals surface area (Å²) in [7, 11) is 1.35. The molecule has 0 saturated carbocycles. The third-order valence-electron chi connectivity index (χ3n) is 2.15. The number of aryl methyl sites for hydroxylation is 1. The summed E-state index contributed by atoms with van der Waals surface area (Å²) in [5.41, 5.74) is 2.30. The van der Waals surface area contributed by atoms with Gasteiger partial charge in [0.05, 0.1) is 19.1 Å². The van der Waals surface area contributed by atoms with Gasteiger partial charge in [-0.05, 0) is 40.0 Å². The summed E-state index contributed by atoms with van der Waals surface area (Å²) < 4.78 is 5.27. The minimum absolute atomic E-state index is 0.179. The average molecular weight is 268 g/mol. The van der Waals surface area contributed by atoms with Gasteiger partial charge < -0.3 is 4.74 Å². The summed E-state index contributed by atoms with van der Waals surface area (Å²) in [5, 5.41) is 8.83. The van der Waals surface area contributed by atoms with Gasteiger partial charge >= 0.3 is 5.97 Å². The molecular formula is C11H10BrNO2. The molecule has 78 valence electrons. The molecule has 0 unspecified atom stereocenters. The van der Waals surface area contributed by atoms with Crippen molar-refractivity contribution in [3.8, 4) is 6.07 Å². The molecule has 1 aromatic carbocycles. The van der Waals surface area contributed by atoms with Crippen LogP contribution < -0.4 is 0 Å². The van der Waals surface area contributed by atoms with E-state index >= 15 is 0 Å². The van der Waals surface area contributed by atoms with E-state index in [9.17, 15) is 4.79 Å². The molecule has 0 atom stereocenters. The maximum atomic E-state index is 11.2. The number of hydrogen-bond acceptors (Lipinski definition) is 3. The third kappa shape index (κ3) is 2.57. The van der Waals surface area contributed by atoms with Gasteiger partial charge in [0, 0.05) is 4.47 Å². The van der Waals surface area contributed by atoms with Gasteiger partial charge in [-0.15, -0.1) is 0 Å². The van der Waals surface area contributed by atoms with Gasteiger partial charge in [-0.2, -0.15) is 5.26 Å². The van der Waals surface area contributed by atoms with Crippen LogP contribution in [0, 0.1) is 18.3 Å². The smallest absolute Gasteiger partial charge is 0.310 e. The Balaban J connectivity index is 3.16. The normalized spacial score (nSPS) is 9.47. The number of methoxy groups -OCH3 is 1. The molecule has 0 amide bonds. The van der Waals surface area contributed by atoms with E-state index in [4.69, 9.17) is 5.26 Å². The molecule has 0 aromatic heterocycles. The van der Waals surface area contributed by atoms with Crippen LogP contribution >= 0.6 is 15.9 Å². The number of hydrogen-bond donors (Lipinski definition) is 0. The van der Waals surface area contributed by atoms with Gasteiger partial charge in [0.1, 0.15) is 6.07 Å². The van der Waals surface area contributed by atoms with Gasteiger partial charge in [-0.25, -0.2) is 0 Å². The van der Waals surface area contributed by atoms with Crippen molar-refractivity contribution >= 4 is 21.9 Å². The Morgan fingerprint density at radius 3 is 2.80 bits per heavy atom. The van der Waals surface area contributed by atoms with Crippen molar-refractivity contribution in [3.05, 3.63) is 33.3 Å². The average Bonchev–Trinajstić information content (AvgIpc) is 2.24. The third-order valence-corrected chi connectivity index (χ3v) is 3.05. The maximum absolute atomic E-state index is 11.2. The molecule has 0 heterocycles. The van der Waals surface area contributed by atoms with E-state index in [0.29, 0.717) is 10.0 Å². The fraction of sp³-hybridized carbons (Fsp3) is 0.273. The van der Waals surface area contributed by atoms with E-state index in [1.54, 1.807) is 6.07 Å². The first-order valence-electron chi connectivity index (χ1n) is 4.35. The second-order valence-electron chi connectivity index (χ2n) is 3.09. The van der Waals surface area contributed by atoms with Crippen LogP contribution in [0.15, 0.2) is 16.6 Å². The Bertz CT molecular complexity index is 435. The van der Waals surface area contributed by atoms with Crippen molar-refractivity contribution in [1.29, 1.82) is 5.26 Å². The van der Waals surface area contributed by atoms with Crippen LogP contribution in [-0.2, 0) is 16.0 Å². The van der Waals surface area contributed by atoms with Crippen molar-refractivity contribution in [1.82, 2.24) is 0 Å². The van der Waals surface area contributed by atoms with Gasteiger partial charge in [-0.1, -0.05) is 6.07 Å². The van der Waals surface area contributed by atoms with Gasteiger partial charge in [0.15, 0.2) is 0 Å². The van der Waals surface area contributed by atoms with E-state index in [1.807, 2.05) is 13.0 Å². The number of carbonyl (C=O) groups is 1. The van der Waals surface area contributed by atoms with Crippen LogP contribution in [0.1, 0.15) is 16.7 Å². The SMILES string of the molecule is COC(=O)Cc1c(C)ccc(C#N)c1Br. The summed E-state index contributed by atoms with van der Waals surface area (Å²) in [6.07, 6.45) is 0.179. The fourth-order valence-electron chi connectivity index (χ4n) is 1.24. The predicted octanol–water partition coefficient (Wildman–Crippen LogP) is 2.34. The Hall–Kier alpha value is -1.34. The monoisotopic (exact) mass is 267 g/mol. The lowest BCUT2D eigenvalue weighted by Crippen LogP contribution is -2.07. The van der Waals surface area contributed by atoms with E-state index in [2.05, 4.69) is 26.7 Å². The first kappa shape index (κ1) is 11.7. The zero-order valence-electron chi connectivity index (χ0n) is 8.50. The molecule has 0 saturated heterocycles. The van der Waals surface area contributed by atoms with Gasteiger partial charge in [0.25, 0.3) is 0 Å². The van der Waals surface area contributed by atoms with Crippen molar-refractivity contribution in [3.63, 3.8) is 0 Å². The summed E-state index contributed by atoms with van der Waals surface area (Å²) in [6, 6.07) is 5.60. The Kier molecular flexibility index (Phi) is 3.87. The second-order valence-corrected chi connectivity index (χ2v) is 3.88. The molecule has 1 aromatic rings. The van der Waals surface area contributed by atoms with Crippen LogP contribution in [-0.4, -0.2) is 13.1 Å². The summed E-state index contributed by atoms with van der Waals surface area (Å²) in [5.74, 6) is -0.311. The zero-order chi connectivity index (χ0) is 11.4. The number of carbonyl (C=O) groups excluding carboxylic acids is 1. The lowest BCUT2D eigenvalue weighted by molar-refractivity contribution is -0.139. The molecule has 0 spiro atoms. The van der Waals surface area contributed by atoms with Crippen LogP contribution in [0.5, 0.6) is 0 Å². The minimum atomic E-state index is -0.311. The number of ether oxygens (including phenoxy) is 1. The number of nitriles is 1. The fourth-order valence-corrected chi connectivity index (χ4v) is 1.91. The molecular weight excluding hydrogens is 258 g/mol. The standard InChI is InChI=1S/C11H10BrNO2/c1-7-3-4-8(6-13)11(12)9(7)5-10(14)15-2/h3-4H,5H2,1-2H3. The van der Waals surface area contributed by atoms with E-state index < -0.39 is 0 Å². The highest BCUT2D eigenvalue weighted by Crippen LogP contribution is 2.25. The minimum Gasteiger partial charge on any atom is -0.469 e. The molecule has 0 aliphatic heterocycles. The topological polar surface area (TPSA) is 50.1 Å². The molecule has 1 rings (SSSR count). The zero-order valence-corrected chi connectivity index (χ0v) is 10.1. The van der Waals surface area contributed by atoms with Crippen molar-refractivity contribution in [2.75, 3.05) is 7.11 Å². The van der Waals surface area contributed by atoms with E-state index in [1.165, 1.54) is 7.11 Å². The largest absolute Gasteiger partial charge is 0.469 e. The van der Waals surface area contributed by atoms with Crippen molar-refractivity contribution in [2.45, 2.75) is 13.3 Å². The van der Waals surface area contributed by atoms with Crippen LogP contribution in [0.4, 0.5) is 0 Å². The summed E-state index contributed by atoms with van der Waals surface area (Å²) in [6.45, 7) is 1.89. The molecule has 0 aliphatic carbocycles. The predicted molar refractivity (Wildman–Crippen MR) is 59.3 cm³/mol. The highest BCUT2D eigenvalue weighted by Gasteiger charge is 2.12. The maximum Gasteiger partial charge on any atom is 0.310 e. The van der Waals surface area contributed by atoms with Gasteiger partial charge in [0.2, 0.25) is 0 Å². The van der Waals surface area contributed by atoms with E-state index in [-0.39, 0.29) is 12.4 Å². The van der Waals surface area contributed by atoms with E-state index in [0.717, 1.165) is 11.1 Å². The molecule has 3 nitrogen and oxygen atoms in total. The van der Waals surface area contributed by atoms with Crippen LogP contribution in [0.2, 0.25) is 0 Å². The molecule has 0 radical (unpaired) electrons. The molecule has 0 aliphatic rings. The number of halogens is 1. The lowest BCUT2D eigenvalue weighted by Gasteiger charge is -2.08. The van der Waals surface area contributed by atoms with Crippen molar-refractivity contribution < 1.29 is 9.53 Å². The highest BCUT2D eigenvalue weighted by molar-refractivity contribution is 9.10. The molecule has 0 bridgehead atoms. The highest BCUT2D eigenvalue weighted by atomic mass is 79.9. The molecule has 15 heavy (non-hydrogen) atoms. The Morgan fingerprint density at radius 1 is 1.60 bits per heavy atom. The molecule has 0 N–H and O–H groups in total. The summed E-state index contributed by atoms with van der Waals surface area (Å²) in [4.78, 5) is 11.2. The number of benzene rings is 1. The quantitative estimate of drug-likeness (QED) is 0.773. The second kappa shape index (κ2) is 4.94. The lowest BCUT2D eigenvalue weighted by atomic mass is 10.0. The first-order valence-corrected chi connectivity index (χ1v) is 5.14. The van der Waals surface area contributed by atoms with Crippen LogP contribution in [0.3, 0.4) is 0 Å². The van der Waals surface area contributed by atoms with Crippen LogP contribution in [0.25, 0.3) is 0 Å². The van der Waals surface area contributed by atoms with Crippen molar-refractivity contribution in [2.24, 2.45) is 0 Å². The number of rotatable bonds is 2. The summed E-state index contributed by atoms with van der Waals surface area (Å²) >= 11 is 3.32. The van der Waals surface area contributed by atoms with Gasteiger partial charge in [-0.3, -0.25) is 4.79 Å². The molecule has 0 fully saturated rings. The number of esters is 1. The Labute approximate surface area is 96.8 Å². The first-order chi connectivity index (χ1) is 7.10. The Morgan fingerprint density at radius 2 is 2.27 bits per heavy atom. The molecule has 4 heteroatoms.